The van der Waals surface area contributed by atoms with Crippen molar-refractivity contribution >= 4 is 33.4 Å². The number of carbonyl (C=O) groups excluding carboxylic acids is 3. The summed E-state index contributed by atoms with van der Waals surface area (Å²) < 4.78 is 31.1. The SMILES string of the molecule is COC(=O)c1c(CC(=O)Nc2ccc(S(=O)(=O)N(C)C(C)C)cc2)[nH]c(C(C)=O)c1C. The maximum Gasteiger partial charge on any atom is 0.339 e. The van der Waals surface area contributed by atoms with E-state index in [9.17, 15) is 22.8 Å². The maximum absolute atomic E-state index is 12.5. The van der Waals surface area contributed by atoms with Crippen LogP contribution in [0.1, 0.15) is 52.9 Å². The monoisotopic (exact) mass is 449 g/mol. The third kappa shape index (κ3) is 5.20. The summed E-state index contributed by atoms with van der Waals surface area (Å²) in [7, 11) is -0.905. The van der Waals surface area contributed by atoms with Crippen molar-refractivity contribution in [1.82, 2.24) is 9.29 Å². The fraction of sp³-hybridized carbons (Fsp3) is 0.381. The molecule has 0 fully saturated rings. The average Bonchev–Trinajstić information content (AvgIpc) is 3.02. The van der Waals surface area contributed by atoms with E-state index >= 15 is 0 Å². The number of nitrogens with zero attached hydrogens (tertiary/aromatic N) is 1. The van der Waals surface area contributed by atoms with Crippen molar-refractivity contribution < 1.29 is 27.5 Å². The zero-order chi connectivity index (χ0) is 23.5. The van der Waals surface area contributed by atoms with Gasteiger partial charge in [-0.15, -0.1) is 0 Å². The highest BCUT2D eigenvalue weighted by Crippen LogP contribution is 2.22. The molecule has 1 amide bonds. The molecule has 31 heavy (non-hydrogen) atoms. The van der Waals surface area contributed by atoms with Crippen LogP contribution in [0.3, 0.4) is 0 Å². The van der Waals surface area contributed by atoms with Gasteiger partial charge in [-0.1, -0.05) is 0 Å². The molecule has 0 radical (unpaired) electrons. The second-order valence-corrected chi connectivity index (χ2v) is 9.39. The van der Waals surface area contributed by atoms with Gasteiger partial charge in [-0.3, -0.25) is 9.59 Å². The average molecular weight is 450 g/mol. The molecule has 2 rings (SSSR count). The Morgan fingerprint density at radius 3 is 2.23 bits per heavy atom. The Balaban J connectivity index is 2.21. The van der Waals surface area contributed by atoms with Crippen LogP contribution in [0.5, 0.6) is 0 Å². The molecule has 0 aliphatic rings. The molecule has 0 saturated carbocycles. The van der Waals surface area contributed by atoms with E-state index in [4.69, 9.17) is 4.74 Å². The van der Waals surface area contributed by atoms with Crippen LogP contribution in [0.2, 0.25) is 0 Å². The Labute approximate surface area is 181 Å². The van der Waals surface area contributed by atoms with E-state index in [1.807, 2.05) is 0 Å². The highest BCUT2D eigenvalue weighted by molar-refractivity contribution is 7.89. The van der Waals surface area contributed by atoms with E-state index in [1.165, 1.54) is 49.7 Å². The molecule has 9 nitrogen and oxygen atoms in total. The molecule has 10 heteroatoms. The van der Waals surface area contributed by atoms with Gasteiger partial charge in [0.25, 0.3) is 0 Å². The molecule has 0 unspecified atom stereocenters. The van der Waals surface area contributed by atoms with Gasteiger partial charge in [0.15, 0.2) is 5.78 Å². The lowest BCUT2D eigenvalue weighted by Gasteiger charge is -2.21. The molecular formula is C21H27N3O6S. The summed E-state index contributed by atoms with van der Waals surface area (Å²) >= 11 is 0. The number of sulfonamides is 1. The predicted octanol–water partition coefficient (Wildman–Crippen LogP) is 2.52. The number of hydrogen-bond acceptors (Lipinski definition) is 6. The van der Waals surface area contributed by atoms with Crippen LogP contribution in [-0.2, 0) is 26.0 Å². The van der Waals surface area contributed by atoms with Crippen LogP contribution < -0.4 is 5.32 Å². The molecule has 0 atom stereocenters. The number of anilines is 1. The van der Waals surface area contributed by atoms with Gasteiger partial charge >= 0.3 is 5.97 Å². The van der Waals surface area contributed by atoms with Gasteiger partial charge in [0.2, 0.25) is 15.9 Å². The van der Waals surface area contributed by atoms with Crippen LogP contribution in [0, 0.1) is 6.92 Å². The topological polar surface area (TPSA) is 126 Å². The first-order valence-corrected chi connectivity index (χ1v) is 11.0. The van der Waals surface area contributed by atoms with Gasteiger partial charge in [0.1, 0.15) is 0 Å². The minimum absolute atomic E-state index is 0.112. The quantitative estimate of drug-likeness (QED) is 0.471. The lowest BCUT2D eigenvalue weighted by atomic mass is 10.1. The summed E-state index contributed by atoms with van der Waals surface area (Å²) in [5.41, 5.74) is 1.48. The molecule has 0 aliphatic carbocycles. The Bertz CT molecular complexity index is 1100. The van der Waals surface area contributed by atoms with E-state index in [2.05, 4.69) is 10.3 Å². The number of aromatic amines is 1. The fourth-order valence-electron chi connectivity index (χ4n) is 3.04. The summed E-state index contributed by atoms with van der Waals surface area (Å²) in [6, 6.07) is 5.60. The largest absolute Gasteiger partial charge is 0.465 e. The lowest BCUT2D eigenvalue weighted by Crippen LogP contribution is -2.33. The number of methoxy groups -OCH3 is 1. The number of rotatable bonds is 8. The van der Waals surface area contributed by atoms with Crippen molar-refractivity contribution in [2.45, 2.75) is 45.1 Å². The number of carbonyl (C=O) groups is 3. The lowest BCUT2D eigenvalue weighted by molar-refractivity contribution is -0.115. The molecule has 168 valence electrons. The van der Waals surface area contributed by atoms with Crippen LogP contribution in [-0.4, -0.2) is 55.6 Å². The van der Waals surface area contributed by atoms with Gasteiger partial charge < -0.3 is 15.0 Å². The number of H-pyrrole nitrogens is 1. The number of ether oxygens (including phenoxy) is 1. The van der Waals surface area contributed by atoms with E-state index in [1.54, 1.807) is 20.8 Å². The molecule has 0 aliphatic heterocycles. The van der Waals surface area contributed by atoms with Gasteiger partial charge in [-0.05, 0) is 50.6 Å². The molecule has 1 aromatic carbocycles. The summed E-state index contributed by atoms with van der Waals surface area (Å²) in [6.45, 7) is 6.51. The van der Waals surface area contributed by atoms with Crippen LogP contribution in [0.4, 0.5) is 5.69 Å². The molecule has 2 aromatic rings. The molecule has 0 saturated heterocycles. The zero-order valence-electron chi connectivity index (χ0n) is 18.4. The second-order valence-electron chi connectivity index (χ2n) is 7.39. The molecular weight excluding hydrogens is 422 g/mol. The van der Waals surface area contributed by atoms with E-state index < -0.39 is 21.9 Å². The van der Waals surface area contributed by atoms with Crippen molar-refractivity contribution in [2.75, 3.05) is 19.5 Å². The minimum Gasteiger partial charge on any atom is -0.465 e. The number of nitrogens with one attached hydrogen (secondary N) is 2. The van der Waals surface area contributed by atoms with E-state index in [0.717, 1.165) is 0 Å². The molecule has 0 spiro atoms. The first-order chi connectivity index (χ1) is 14.4. The van der Waals surface area contributed by atoms with Crippen molar-refractivity contribution in [3.05, 3.63) is 46.8 Å². The number of benzene rings is 1. The fourth-order valence-corrected chi connectivity index (χ4v) is 4.41. The summed E-state index contributed by atoms with van der Waals surface area (Å²) in [6.07, 6.45) is -0.200. The molecule has 1 aromatic heterocycles. The van der Waals surface area contributed by atoms with Crippen molar-refractivity contribution in [3.63, 3.8) is 0 Å². The Hall–Kier alpha value is -2.98. The summed E-state index contributed by atoms with van der Waals surface area (Å²) in [4.78, 5) is 39.4. The molecule has 2 N–H and O–H groups in total. The maximum atomic E-state index is 12.5. The van der Waals surface area contributed by atoms with E-state index in [-0.39, 0.29) is 40.1 Å². The van der Waals surface area contributed by atoms with Crippen LogP contribution in [0.15, 0.2) is 29.2 Å². The van der Waals surface area contributed by atoms with Crippen LogP contribution >= 0.6 is 0 Å². The molecule has 1 heterocycles. The van der Waals surface area contributed by atoms with Gasteiger partial charge in [-0.25, -0.2) is 13.2 Å². The first kappa shape index (κ1) is 24.3. The normalized spacial score (nSPS) is 11.6. The Morgan fingerprint density at radius 1 is 1.16 bits per heavy atom. The Kier molecular flexibility index (Phi) is 7.40. The number of amides is 1. The number of ketones is 1. The van der Waals surface area contributed by atoms with Crippen molar-refractivity contribution in [2.24, 2.45) is 0 Å². The van der Waals surface area contributed by atoms with E-state index in [0.29, 0.717) is 11.3 Å². The zero-order valence-corrected chi connectivity index (χ0v) is 19.2. The van der Waals surface area contributed by atoms with Crippen LogP contribution in [0.25, 0.3) is 0 Å². The smallest absolute Gasteiger partial charge is 0.339 e. The summed E-state index contributed by atoms with van der Waals surface area (Å²) in [5.74, 6) is -1.36. The third-order valence-electron chi connectivity index (χ3n) is 4.95. The number of aromatic nitrogens is 1. The predicted molar refractivity (Wildman–Crippen MR) is 116 cm³/mol. The number of hydrogen-bond donors (Lipinski definition) is 2. The highest BCUT2D eigenvalue weighted by atomic mass is 32.2. The van der Waals surface area contributed by atoms with Gasteiger partial charge in [-0.2, -0.15) is 4.31 Å². The minimum atomic E-state index is -3.63. The highest BCUT2D eigenvalue weighted by Gasteiger charge is 2.25. The first-order valence-electron chi connectivity index (χ1n) is 9.58. The second kappa shape index (κ2) is 9.44. The number of Topliss-reactive ketones (excluding diaryl/α,β-unsaturated/α-hetero) is 1. The van der Waals surface area contributed by atoms with Crippen molar-refractivity contribution in [3.8, 4) is 0 Å². The standard InChI is InChI=1S/C21H27N3O6S/c1-12(2)24(5)31(28,29)16-9-7-15(8-10-16)22-18(26)11-17-19(21(27)30-6)13(3)20(23-17)14(4)25/h7-10,12,23H,11H2,1-6H3,(H,22,26). The number of esters is 1. The summed E-state index contributed by atoms with van der Waals surface area (Å²) in [5, 5.41) is 2.66. The van der Waals surface area contributed by atoms with Gasteiger partial charge in [0.05, 0.1) is 29.7 Å². The van der Waals surface area contributed by atoms with Gasteiger partial charge in [0, 0.05) is 31.4 Å². The Morgan fingerprint density at radius 2 is 1.74 bits per heavy atom. The third-order valence-corrected chi connectivity index (χ3v) is 7.00. The molecule has 0 bridgehead atoms. The van der Waals surface area contributed by atoms with Crippen molar-refractivity contribution in [1.29, 1.82) is 0 Å².